The number of carbonyl (C=O) groups excluding carboxylic acids is 2. The van der Waals surface area contributed by atoms with Crippen molar-refractivity contribution in [3.63, 3.8) is 0 Å². The zero-order valence-corrected chi connectivity index (χ0v) is 20.4. The minimum Gasteiger partial charge on any atom is -0.481 e. The molecule has 2 N–H and O–H groups in total. The summed E-state index contributed by atoms with van der Waals surface area (Å²) in [6, 6.07) is 15.7. The number of hydrogen-bond donors (Lipinski definition) is 2. The van der Waals surface area contributed by atoms with E-state index < -0.39 is 18.1 Å². The van der Waals surface area contributed by atoms with Crippen LogP contribution in [0.2, 0.25) is 0 Å². The zero-order chi connectivity index (χ0) is 24.9. The van der Waals surface area contributed by atoms with E-state index in [-0.39, 0.29) is 43.2 Å². The van der Waals surface area contributed by atoms with E-state index in [1.165, 1.54) is 11.1 Å². The number of carboxylic acids is 1. The Morgan fingerprint density at radius 3 is 2.26 bits per heavy atom. The van der Waals surface area contributed by atoms with Crippen LogP contribution in [-0.4, -0.2) is 53.2 Å². The molecule has 7 heteroatoms. The second-order valence-electron chi connectivity index (χ2n) is 9.86. The molecule has 1 heterocycles. The number of amides is 2. The monoisotopic (exact) mass is 478 g/mol. The summed E-state index contributed by atoms with van der Waals surface area (Å²) in [5.74, 6) is -1.03. The third kappa shape index (κ3) is 5.66. The molecular weight excluding hydrogens is 444 g/mol. The number of benzene rings is 2. The highest BCUT2D eigenvalue weighted by atomic mass is 16.5. The fourth-order valence-electron chi connectivity index (χ4n) is 5.29. The number of ether oxygens (including phenoxy) is 1. The third-order valence-corrected chi connectivity index (χ3v) is 7.20. The van der Waals surface area contributed by atoms with Crippen LogP contribution in [-0.2, 0) is 14.3 Å². The lowest BCUT2D eigenvalue weighted by Gasteiger charge is -2.36. The van der Waals surface area contributed by atoms with Gasteiger partial charge in [-0.2, -0.15) is 0 Å². The summed E-state index contributed by atoms with van der Waals surface area (Å²) in [5.41, 5.74) is 4.62. The number of likely N-dealkylation sites (tertiary alicyclic amines) is 1. The summed E-state index contributed by atoms with van der Waals surface area (Å²) in [4.78, 5) is 38.8. The van der Waals surface area contributed by atoms with E-state index in [9.17, 15) is 19.5 Å². The Bertz CT molecular complexity index is 1040. The van der Waals surface area contributed by atoms with Gasteiger partial charge in [0, 0.05) is 31.0 Å². The number of piperidine rings is 1. The maximum Gasteiger partial charge on any atom is 0.407 e. The van der Waals surface area contributed by atoms with E-state index in [4.69, 9.17) is 4.74 Å². The van der Waals surface area contributed by atoms with E-state index >= 15 is 0 Å². The van der Waals surface area contributed by atoms with Gasteiger partial charge in [0.1, 0.15) is 6.61 Å². The smallest absolute Gasteiger partial charge is 0.407 e. The normalized spacial score (nSPS) is 18.0. The standard InChI is InChI=1S/C28H34N2O5/c1-18(2)25(16-26(31)30-14-8-7-9-19(30)15-27(32)33)29-28(34)35-17-24-22-12-5-3-10-20(22)21-11-4-6-13-23(21)24/h3-6,10-13,18-19,24-25H,7-9,14-17H2,1-2H3,(H,29,34)(H,32,33). The quantitative estimate of drug-likeness (QED) is 0.568. The highest BCUT2D eigenvalue weighted by Gasteiger charge is 2.32. The summed E-state index contributed by atoms with van der Waals surface area (Å²) in [5, 5.41) is 12.1. The molecule has 7 nitrogen and oxygen atoms in total. The van der Waals surface area contributed by atoms with Gasteiger partial charge < -0.3 is 20.1 Å². The number of aliphatic carboxylic acids is 1. The summed E-state index contributed by atoms with van der Waals surface area (Å²) >= 11 is 0. The van der Waals surface area contributed by atoms with Crippen molar-refractivity contribution >= 4 is 18.0 Å². The van der Waals surface area contributed by atoms with E-state index in [2.05, 4.69) is 29.6 Å². The lowest BCUT2D eigenvalue weighted by molar-refractivity contribution is -0.142. The molecule has 1 saturated heterocycles. The van der Waals surface area contributed by atoms with Crippen molar-refractivity contribution in [2.45, 2.75) is 64.0 Å². The number of carbonyl (C=O) groups is 3. The van der Waals surface area contributed by atoms with Crippen LogP contribution in [0, 0.1) is 5.92 Å². The molecule has 0 aromatic heterocycles. The largest absolute Gasteiger partial charge is 0.481 e. The summed E-state index contributed by atoms with van der Waals surface area (Å²) in [7, 11) is 0. The highest BCUT2D eigenvalue weighted by Crippen LogP contribution is 2.44. The first-order chi connectivity index (χ1) is 16.8. The number of nitrogens with one attached hydrogen (secondary N) is 1. The Hall–Kier alpha value is -3.35. The van der Waals surface area contributed by atoms with Crippen LogP contribution >= 0.6 is 0 Å². The van der Waals surface area contributed by atoms with Crippen molar-refractivity contribution in [1.29, 1.82) is 0 Å². The minimum absolute atomic E-state index is 0.0159. The van der Waals surface area contributed by atoms with Gasteiger partial charge in [-0.25, -0.2) is 4.79 Å². The van der Waals surface area contributed by atoms with Gasteiger partial charge in [0.05, 0.1) is 6.42 Å². The van der Waals surface area contributed by atoms with Crippen LogP contribution in [0.4, 0.5) is 4.79 Å². The summed E-state index contributed by atoms with van der Waals surface area (Å²) < 4.78 is 5.67. The molecule has 1 aliphatic heterocycles. The van der Waals surface area contributed by atoms with Crippen molar-refractivity contribution in [2.75, 3.05) is 13.2 Å². The molecule has 0 saturated carbocycles. The molecule has 35 heavy (non-hydrogen) atoms. The average molecular weight is 479 g/mol. The van der Waals surface area contributed by atoms with Crippen LogP contribution < -0.4 is 5.32 Å². The fourth-order valence-corrected chi connectivity index (χ4v) is 5.29. The van der Waals surface area contributed by atoms with Crippen molar-refractivity contribution < 1.29 is 24.2 Å². The van der Waals surface area contributed by atoms with Gasteiger partial charge in [-0.15, -0.1) is 0 Å². The first kappa shape index (κ1) is 24.8. The Labute approximate surface area is 206 Å². The zero-order valence-electron chi connectivity index (χ0n) is 20.4. The van der Waals surface area contributed by atoms with Crippen molar-refractivity contribution in [3.8, 4) is 11.1 Å². The first-order valence-corrected chi connectivity index (χ1v) is 12.5. The van der Waals surface area contributed by atoms with Gasteiger partial charge in [0.2, 0.25) is 5.91 Å². The molecule has 2 aliphatic rings. The van der Waals surface area contributed by atoms with E-state index in [1.807, 2.05) is 38.1 Å². The maximum atomic E-state index is 13.1. The van der Waals surface area contributed by atoms with Crippen LogP contribution in [0.3, 0.4) is 0 Å². The molecule has 2 amide bonds. The molecule has 2 aromatic rings. The molecule has 0 bridgehead atoms. The van der Waals surface area contributed by atoms with Crippen LogP contribution in [0.25, 0.3) is 11.1 Å². The lowest BCUT2D eigenvalue weighted by atomic mass is 9.96. The molecule has 4 rings (SSSR count). The second-order valence-corrected chi connectivity index (χ2v) is 9.86. The van der Waals surface area contributed by atoms with Gasteiger partial charge in [0.15, 0.2) is 0 Å². The number of rotatable bonds is 8. The van der Waals surface area contributed by atoms with Gasteiger partial charge in [-0.3, -0.25) is 9.59 Å². The van der Waals surface area contributed by atoms with Crippen molar-refractivity contribution in [2.24, 2.45) is 5.92 Å². The SMILES string of the molecule is CC(C)C(CC(=O)N1CCCCC1CC(=O)O)NC(=O)OCC1c2ccccc2-c2ccccc21. The number of alkyl carbamates (subject to hydrolysis) is 1. The average Bonchev–Trinajstić information content (AvgIpc) is 3.16. The number of carboxylic acid groups (broad SMARTS) is 1. The van der Waals surface area contributed by atoms with Crippen LogP contribution in [0.15, 0.2) is 48.5 Å². The highest BCUT2D eigenvalue weighted by molar-refractivity contribution is 5.80. The lowest BCUT2D eigenvalue weighted by Crippen LogP contribution is -2.48. The maximum absolute atomic E-state index is 13.1. The Kier molecular flexibility index (Phi) is 7.73. The number of nitrogens with zero attached hydrogens (tertiary/aromatic N) is 1. The van der Waals surface area contributed by atoms with Crippen LogP contribution in [0.5, 0.6) is 0 Å². The molecule has 1 fully saturated rings. The molecule has 2 atom stereocenters. The molecule has 2 aromatic carbocycles. The van der Waals surface area contributed by atoms with Gasteiger partial charge in [-0.1, -0.05) is 62.4 Å². The van der Waals surface area contributed by atoms with Crippen LogP contribution in [0.1, 0.15) is 63.0 Å². The molecule has 0 spiro atoms. The minimum atomic E-state index is -0.896. The molecule has 186 valence electrons. The molecule has 0 radical (unpaired) electrons. The van der Waals surface area contributed by atoms with Crippen molar-refractivity contribution in [3.05, 3.63) is 59.7 Å². The Balaban J connectivity index is 1.37. The first-order valence-electron chi connectivity index (χ1n) is 12.5. The van der Waals surface area contributed by atoms with E-state index in [0.29, 0.717) is 13.0 Å². The molecular formula is C28H34N2O5. The second kappa shape index (κ2) is 10.9. The summed E-state index contributed by atoms with van der Waals surface area (Å²) in [6.45, 7) is 4.68. The number of hydrogen-bond acceptors (Lipinski definition) is 4. The Morgan fingerprint density at radius 2 is 1.66 bits per heavy atom. The predicted molar refractivity (Wildman–Crippen MR) is 133 cm³/mol. The van der Waals surface area contributed by atoms with Gasteiger partial charge in [-0.05, 0) is 47.4 Å². The molecule has 1 aliphatic carbocycles. The fraction of sp³-hybridized carbons (Fsp3) is 0.464. The van der Waals surface area contributed by atoms with Crippen molar-refractivity contribution in [1.82, 2.24) is 10.2 Å². The third-order valence-electron chi connectivity index (χ3n) is 7.20. The van der Waals surface area contributed by atoms with Gasteiger partial charge >= 0.3 is 12.1 Å². The molecule has 2 unspecified atom stereocenters. The topological polar surface area (TPSA) is 95.9 Å². The number of fused-ring (bicyclic) bond motifs is 3. The van der Waals surface area contributed by atoms with E-state index in [1.54, 1.807) is 4.90 Å². The Morgan fingerprint density at radius 1 is 1.03 bits per heavy atom. The van der Waals surface area contributed by atoms with Gasteiger partial charge in [0.25, 0.3) is 0 Å². The van der Waals surface area contributed by atoms with E-state index in [0.717, 1.165) is 24.0 Å². The summed E-state index contributed by atoms with van der Waals surface area (Å²) in [6.07, 6.45) is 2.03. The predicted octanol–water partition coefficient (Wildman–Crippen LogP) is 4.80.